The smallest absolute Gasteiger partial charge is 0.550 e. The number of halogens is 2. The quantitative estimate of drug-likeness (QED) is 0.493. The van der Waals surface area contributed by atoms with Crippen molar-refractivity contribution in [3.05, 3.63) is 0 Å². The molecule has 76 valence electrons. The fourth-order valence-corrected chi connectivity index (χ4v) is 0.820. The monoisotopic (exact) mass is 234 g/mol. The van der Waals surface area contributed by atoms with Crippen LogP contribution in [-0.2, 0) is 9.59 Å². The maximum Gasteiger partial charge on any atom is 1.00 e. The van der Waals surface area contributed by atoms with Gasteiger partial charge in [0.1, 0.15) is 0 Å². The zero-order valence-electron chi connectivity index (χ0n) is 7.70. The molecule has 0 aliphatic heterocycles. The van der Waals surface area contributed by atoms with E-state index in [-0.39, 0.29) is 70.6 Å². The van der Waals surface area contributed by atoms with Gasteiger partial charge in [0.15, 0.2) is 0 Å². The van der Waals surface area contributed by atoms with Gasteiger partial charge in [-0.2, -0.15) is 0 Å². The van der Waals surface area contributed by atoms with Crippen molar-refractivity contribution in [2.75, 3.05) is 0 Å². The van der Waals surface area contributed by atoms with E-state index < -0.39 is 24.3 Å². The van der Waals surface area contributed by atoms with Gasteiger partial charge in [0.05, 0.1) is 11.9 Å². The van der Waals surface area contributed by atoms with E-state index in [0.29, 0.717) is 0 Å². The molecular formula is C7H9F2KO4. The van der Waals surface area contributed by atoms with Gasteiger partial charge in [-0.15, -0.1) is 0 Å². The van der Waals surface area contributed by atoms with Crippen molar-refractivity contribution in [1.82, 2.24) is 0 Å². The van der Waals surface area contributed by atoms with Crippen LogP contribution in [0.1, 0.15) is 19.3 Å². The van der Waals surface area contributed by atoms with Crippen LogP contribution in [0.3, 0.4) is 0 Å². The molecule has 0 unspecified atom stereocenters. The fraction of sp³-hybridized carbons (Fsp3) is 0.714. The summed E-state index contributed by atoms with van der Waals surface area (Å²) in [5, 5.41) is 18.2. The van der Waals surface area contributed by atoms with Crippen LogP contribution in [0.5, 0.6) is 0 Å². The Morgan fingerprint density at radius 2 is 1.86 bits per heavy atom. The molecule has 1 N–H and O–H groups in total. The summed E-state index contributed by atoms with van der Waals surface area (Å²) in [5.41, 5.74) is 0. The molecule has 0 bridgehead atoms. The Labute approximate surface area is 122 Å². The van der Waals surface area contributed by atoms with E-state index in [1.807, 2.05) is 0 Å². The predicted octanol–water partition coefficient (Wildman–Crippen LogP) is -3.12. The fourth-order valence-electron chi connectivity index (χ4n) is 0.820. The van der Waals surface area contributed by atoms with Gasteiger partial charge in [-0.3, -0.25) is 4.79 Å². The predicted molar refractivity (Wildman–Crippen MR) is 36.0 cm³/mol. The van der Waals surface area contributed by atoms with Crippen LogP contribution < -0.4 is 56.5 Å². The number of carboxylic acid groups (broad SMARTS) is 2. The minimum atomic E-state index is -3.00. The van der Waals surface area contributed by atoms with E-state index in [9.17, 15) is 23.5 Å². The molecule has 0 aromatic heterocycles. The second kappa shape index (κ2) is 8.72. The maximum absolute atomic E-state index is 11.9. The number of hydrogen-bond acceptors (Lipinski definition) is 3. The average molecular weight is 234 g/mol. The second-order valence-corrected chi connectivity index (χ2v) is 2.55. The number of carbonyl (C=O) groups is 2. The molecule has 0 heterocycles. The minimum Gasteiger partial charge on any atom is -0.550 e. The number of hydrogen-bond donors (Lipinski definition) is 1. The molecule has 0 radical (unpaired) electrons. The van der Waals surface area contributed by atoms with Gasteiger partial charge in [0.25, 0.3) is 0 Å². The van der Waals surface area contributed by atoms with Crippen molar-refractivity contribution in [3.63, 3.8) is 0 Å². The Kier molecular flexibility index (Phi) is 10.5. The second-order valence-electron chi connectivity index (χ2n) is 2.55. The standard InChI is InChI=1S/C7H10F2O4.K/c8-6(9)4(7(12)13)2-1-3-5(10)11;/h4,6H,1-3H2,(H,10,11)(H,12,13);/q;+1/p-1/t4-;/m0./s1. The maximum atomic E-state index is 11.9. The average Bonchev–Trinajstić information content (AvgIpc) is 1.95. The van der Waals surface area contributed by atoms with Crippen LogP contribution in [0.25, 0.3) is 0 Å². The Balaban J connectivity index is 0. The van der Waals surface area contributed by atoms with Crippen LogP contribution in [-0.4, -0.2) is 23.5 Å². The molecule has 0 fully saturated rings. The molecule has 0 rings (SSSR count). The van der Waals surface area contributed by atoms with Gasteiger partial charge >= 0.3 is 57.4 Å². The first-order chi connectivity index (χ1) is 5.95. The molecule has 4 nitrogen and oxygen atoms in total. The normalized spacial score (nSPS) is 11.9. The Hall–Kier alpha value is 0.436. The number of aliphatic carboxylic acids is 2. The zero-order chi connectivity index (χ0) is 10.4. The van der Waals surface area contributed by atoms with Gasteiger partial charge < -0.3 is 15.0 Å². The van der Waals surface area contributed by atoms with E-state index in [1.54, 1.807) is 0 Å². The summed E-state index contributed by atoms with van der Waals surface area (Å²) in [6.45, 7) is 0. The third-order valence-electron chi connectivity index (χ3n) is 1.51. The minimum absolute atomic E-state index is 0. The summed E-state index contributed by atoms with van der Waals surface area (Å²) < 4.78 is 23.8. The van der Waals surface area contributed by atoms with Gasteiger partial charge in [-0.25, -0.2) is 8.78 Å². The van der Waals surface area contributed by atoms with Gasteiger partial charge in [-0.1, -0.05) is 0 Å². The zero-order valence-corrected chi connectivity index (χ0v) is 10.8. The van der Waals surface area contributed by atoms with Gasteiger partial charge in [0.2, 0.25) is 6.43 Å². The summed E-state index contributed by atoms with van der Waals surface area (Å²) in [6, 6.07) is 0. The molecule has 0 aliphatic carbocycles. The third-order valence-corrected chi connectivity index (χ3v) is 1.51. The molecular weight excluding hydrogens is 225 g/mol. The van der Waals surface area contributed by atoms with Gasteiger partial charge in [0, 0.05) is 6.42 Å². The third kappa shape index (κ3) is 7.80. The van der Waals surface area contributed by atoms with Crippen LogP contribution in [0.15, 0.2) is 0 Å². The summed E-state index contributed by atoms with van der Waals surface area (Å²) in [6.07, 6.45) is -3.76. The number of carboxylic acids is 2. The van der Waals surface area contributed by atoms with Crippen molar-refractivity contribution < 1.29 is 80.0 Å². The first-order valence-corrected chi connectivity index (χ1v) is 3.66. The van der Waals surface area contributed by atoms with E-state index in [1.165, 1.54) is 0 Å². The first-order valence-electron chi connectivity index (χ1n) is 3.66. The summed E-state index contributed by atoms with van der Waals surface area (Å²) in [7, 11) is 0. The number of rotatable bonds is 6. The van der Waals surface area contributed by atoms with E-state index in [2.05, 4.69) is 0 Å². The van der Waals surface area contributed by atoms with Crippen LogP contribution in [0.2, 0.25) is 0 Å². The van der Waals surface area contributed by atoms with Crippen molar-refractivity contribution in [3.8, 4) is 0 Å². The van der Waals surface area contributed by atoms with Crippen LogP contribution in [0, 0.1) is 5.92 Å². The Bertz CT molecular complexity index is 198. The van der Waals surface area contributed by atoms with Crippen molar-refractivity contribution in [2.24, 2.45) is 5.92 Å². The van der Waals surface area contributed by atoms with E-state index in [0.717, 1.165) is 0 Å². The summed E-state index contributed by atoms with van der Waals surface area (Å²) in [5.74, 6) is -4.83. The molecule has 0 saturated heterocycles. The molecule has 14 heavy (non-hydrogen) atoms. The Morgan fingerprint density at radius 3 is 2.14 bits per heavy atom. The molecule has 0 aromatic rings. The topological polar surface area (TPSA) is 77.4 Å². The molecule has 1 atom stereocenters. The van der Waals surface area contributed by atoms with Crippen LogP contribution >= 0.6 is 0 Å². The van der Waals surface area contributed by atoms with Crippen LogP contribution in [0.4, 0.5) is 8.78 Å². The van der Waals surface area contributed by atoms with E-state index >= 15 is 0 Å². The van der Waals surface area contributed by atoms with Crippen molar-refractivity contribution in [1.29, 1.82) is 0 Å². The number of carbonyl (C=O) groups excluding carboxylic acids is 1. The molecule has 0 saturated carbocycles. The molecule has 0 spiro atoms. The van der Waals surface area contributed by atoms with Crippen molar-refractivity contribution in [2.45, 2.75) is 25.7 Å². The van der Waals surface area contributed by atoms with E-state index in [4.69, 9.17) is 5.11 Å². The molecule has 0 aliphatic rings. The molecule has 0 amide bonds. The Morgan fingerprint density at radius 1 is 1.36 bits per heavy atom. The largest absolute Gasteiger partial charge is 1.00 e. The van der Waals surface area contributed by atoms with Gasteiger partial charge in [-0.05, 0) is 12.8 Å². The molecule has 0 aromatic carbocycles. The molecule has 7 heteroatoms. The summed E-state index contributed by atoms with van der Waals surface area (Å²) >= 11 is 0. The first kappa shape index (κ1) is 16.9. The SMILES string of the molecule is O=C(O)CCC[C@H](C(=O)[O-])C(F)F.[K+]. The van der Waals surface area contributed by atoms with Crippen molar-refractivity contribution >= 4 is 11.9 Å². The number of alkyl halides is 2. The summed E-state index contributed by atoms with van der Waals surface area (Å²) in [4.78, 5) is 20.0.